The SMILES string of the molecule is C/C=C\CC/C=C\C=C\C(=O)NCCC. The zero-order chi connectivity index (χ0) is 11.4. The molecule has 0 saturated carbocycles. The van der Waals surface area contributed by atoms with Crippen LogP contribution in [0.3, 0.4) is 0 Å². The second-order valence-electron chi connectivity index (χ2n) is 3.22. The second kappa shape index (κ2) is 10.8. The van der Waals surface area contributed by atoms with E-state index in [0.717, 1.165) is 25.8 Å². The predicted octanol–water partition coefficient (Wildman–Crippen LogP) is 2.98. The van der Waals surface area contributed by atoms with E-state index in [1.54, 1.807) is 12.2 Å². The van der Waals surface area contributed by atoms with Gasteiger partial charge in [-0.15, -0.1) is 0 Å². The zero-order valence-corrected chi connectivity index (χ0v) is 9.70. The standard InChI is InChI=1S/C13H21NO/c1-3-5-6-7-8-9-10-11-13(15)14-12-4-2/h3,5,8-11H,4,6-7,12H2,1-2H3,(H,14,15)/b5-3-,9-8-,11-10+. The molecule has 0 aliphatic heterocycles. The van der Waals surface area contributed by atoms with Crippen molar-refractivity contribution in [2.75, 3.05) is 6.54 Å². The first kappa shape index (κ1) is 13.7. The number of carbonyl (C=O) groups is 1. The molecule has 2 nitrogen and oxygen atoms in total. The molecule has 15 heavy (non-hydrogen) atoms. The lowest BCUT2D eigenvalue weighted by molar-refractivity contribution is -0.116. The lowest BCUT2D eigenvalue weighted by atomic mass is 10.2. The average molecular weight is 207 g/mol. The van der Waals surface area contributed by atoms with Gasteiger partial charge < -0.3 is 5.32 Å². The van der Waals surface area contributed by atoms with Crippen LogP contribution in [0.2, 0.25) is 0 Å². The number of rotatable bonds is 7. The van der Waals surface area contributed by atoms with Crippen molar-refractivity contribution in [2.45, 2.75) is 33.1 Å². The first-order valence-corrected chi connectivity index (χ1v) is 5.53. The smallest absolute Gasteiger partial charge is 0.243 e. The van der Waals surface area contributed by atoms with E-state index in [2.05, 4.69) is 17.5 Å². The highest BCUT2D eigenvalue weighted by Gasteiger charge is 1.89. The van der Waals surface area contributed by atoms with Crippen molar-refractivity contribution < 1.29 is 4.79 Å². The molecule has 0 spiro atoms. The maximum absolute atomic E-state index is 11.1. The Morgan fingerprint density at radius 1 is 1.20 bits per heavy atom. The average Bonchev–Trinajstić information content (AvgIpc) is 2.25. The molecule has 0 bridgehead atoms. The topological polar surface area (TPSA) is 29.1 Å². The number of amides is 1. The Hall–Kier alpha value is -1.31. The fourth-order valence-electron chi connectivity index (χ4n) is 0.984. The van der Waals surface area contributed by atoms with E-state index in [1.807, 2.05) is 26.0 Å². The number of unbranched alkanes of at least 4 members (excludes halogenated alkanes) is 1. The van der Waals surface area contributed by atoms with Crippen LogP contribution in [0.5, 0.6) is 0 Å². The van der Waals surface area contributed by atoms with Crippen LogP contribution in [0.1, 0.15) is 33.1 Å². The van der Waals surface area contributed by atoms with Crippen molar-refractivity contribution in [3.63, 3.8) is 0 Å². The Labute approximate surface area is 92.8 Å². The molecule has 2 heteroatoms. The van der Waals surface area contributed by atoms with Gasteiger partial charge in [-0.2, -0.15) is 0 Å². The first-order valence-electron chi connectivity index (χ1n) is 5.53. The number of nitrogens with one attached hydrogen (secondary N) is 1. The van der Waals surface area contributed by atoms with Crippen molar-refractivity contribution in [2.24, 2.45) is 0 Å². The minimum atomic E-state index is -0.0186. The molecule has 0 aromatic heterocycles. The van der Waals surface area contributed by atoms with Crippen molar-refractivity contribution in [1.82, 2.24) is 5.32 Å². The Kier molecular flexibility index (Phi) is 9.83. The molecule has 0 aliphatic rings. The van der Waals surface area contributed by atoms with Gasteiger partial charge in [-0.1, -0.05) is 37.3 Å². The van der Waals surface area contributed by atoms with E-state index >= 15 is 0 Å². The molecule has 0 heterocycles. The summed E-state index contributed by atoms with van der Waals surface area (Å²) in [6, 6.07) is 0. The normalized spacial score (nSPS) is 11.9. The second-order valence-corrected chi connectivity index (χ2v) is 3.22. The van der Waals surface area contributed by atoms with Gasteiger partial charge in [-0.25, -0.2) is 0 Å². The predicted molar refractivity (Wildman–Crippen MR) is 65.6 cm³/mol. The van der Waals surface area contributed by atoms with Crippen molar-refractivity contribution >= 4 is 5.91 Å². The van der Waals surface area contributed by atoms with Gasteiger partial charge in [0.1, 0.15) is 0 Å². The summed E-state index contributed by atoms with van der Waals surface area (Å²) in [5, 5.41) is 2.77. The number of hydrogen-bond donors (Lipinski definition) is 1. The van der Waals surface area contributed by atoms with E-state index < -0.39 is 0 Å². The van der Waals surface area contributed by atoms with Crippen LogP contribution in [-0.2, 0) is 4.79 Å². The zero-order valence-electron chi connectivity index (χ0n) is 9.70. The van der Waals surface area contributed by atoms with Crippen molar-refractivity contribution in [3.05, 3.63) is 36.5 Å². The summed E-state index contributed by atoms with van der Waals surface area (Å²) in [4.78, 5) is 11.1. The Morgan fingerprint density at radius 2 is 1.93 bits per heavy atom. The minimum absolute atomic E-state index is 0.0186. The van der Waals surface area contributed by atoms with Crippen molar-refractivity contribution in [1.29, 1.82) is 0 Å². The molecular weight excluding hydrogens is 186 g/mol. The summed E-state index contributed by atoms with van der Waals surface area (Å²) >= 11 is 0. The molecule has 0 unspecified atom stereocenters. The van der Waals surface area contributed by atoms with Gasteiger partial charge in [0, 0.05) is 12.6 Å². The van der Waals surface area contributed by atoms with E-state index in [4.69, 9.17) is 0 Å². The van der Waals surface area contributed by atoms with Gasteiger partial charge in [-0.3, -0.25) is 4.79 Å². The highest BCUT2D eigenvalue weighted by atomic mass is 16.1. The molecular formula is C13H21NO. The molecule has 1 amide bonds. The molecule has 1 N–H and O–H groups in total. The third-order valence-corrected chi connectivity index (χ3v) is 1.78. The van der Waals surface area contributed by atoms with E-state index in [0.29, 0.717) is 0 Å². The van der Waals surface area contributed by atoms with Gasteiger partial charge in [-0.05, 0) is 26.2 Å². The summed E-state index contributed by atoms with van der Waals surface area (Å²) < 4.78 is 0. The highest BCUT2D eigenvalue weighted by molar-refractivity contribution is 5.87. The molecule has 0 aromatic rings. The molecule has 0 radical (unpaired) electrons. The summed E-state index contributed by atoms with van der Waals surface area (Å²) in [6.45, 7) is 4.79. The Morgan fingerprint density at radius 3 is 2.60 bits per heavy atom. The summed E-state index contributed by atoms with van der Waals surface area (Å²) in [7, 11) is 0. The van der Waals surface area contributed by atoms with Crippen LogP contribution in [0.15, 0.2) is 36.5 Å². The third kappa shape index (κ3) is 10.6. The highest BCUT2D eigenvalue weighted by Crippen LogP contribution is 1.92. The molecule has 0 rings (SSSR count). The van der Waals surface area contributed by atoms with Crippen LogP contribution < -0.4 is 5.32 Å². The number of hydrogen-bond acceptors (Lipinski definition) is 1. The number of allylic oxidation sites excluding steroid dienone is 5. The summed E-state index contributed by atoms with van der Waals surface area (Å²) in [5.41, 5.74) is 0. The quantitative estimate of drug-likeness (QED) is 0.296. The first-order chi connectivity index (χ1) is 7.31. The maximum atomic E-state index is 11.1. The largest absolute Gasteiger partial charge is 0.353 e. The van der Waals surface area contributed by atoms with Gasteiger partial charge in [0.2, 0.25) is 5.91 Å². The fraction of sp³-hybridized carbons (Fsp3) is 0.462. The lowest BCUT2D eigenvalue weighted by Gasteiger charge is -1.95. The molecule has 0 atom stereocenters. The Balaban J connectivity index is 3.55. The van der Waals surface area contributed by atoms with Gasteiger partial charge in [0.25, 0.3) is 0 Å². The van der Waals surface area contributed by atoms with Crippen LogP contribution in [0.4, 0.5) is 0 Å². The van der Waals surface area contributed by atoms with Gasteiger partial charge in [0.15, 0.2) is 0 Å². The fourth-order valence-corrected chi connectivity index (χ4v) is 0.984. The van der Waals surface area contributed by atoms with E-state index in [1.165, 1.54) is 0 Å². The lowest BCUT2D eigenvalue weighted by Crippen LogP contribution is -2.21. The molecule has 84 valence electrons. The van der Waals surface area contributed by atoms with Crippen LogP contribution >= 0.6 is 0 Å². The number of carbonyl (C=O) groups excluding carboxylic acids is 1. The maximum Gasteiger partial charge on any atom is 0.243 e. The Bertz CT molecular complexity index is 239. The van der Waals surface area contributed by atoms with E-state index in [-0.39, 0.29) is 5.91 Å². The van der Waals surface area contributed by atoms with Gasteiger partial charge in [0.05, 0.1) is 0 Å². The molecule has 0 saturated heterocycles. The van der Waals surface area contributed by atoms with E-state index in [9.17, 15) is 4.79 Å². The summed E-state index contributed by atoms with van der Waals surface area (Å²) in [6.07, 6.45) is 14.5. The molecule has 0 fully saturated rings. The summed E-state index contributed by atoms with van der Waals surface area (Å²) in [5.74, 6) is -0.0186. The van der Waals surface area contributed by atoms with Gasteiger partial charge >= 0.3 is 0 Å². The monoisotopic (exact) mass is 207 g/mol. The van der Waals surface area contributed by atoms with Crippen molar-refractivity contribution in [3.8, 4) is 0 Å². The van der Waals surface area contributed by atoms with Crippen LogP contribution in [-0.4, -0.2) is 12.5 Å². The minimum Gasteiger partial charge on any atom is -0.353 e. The third-order valence-electron chi connectivity index (χ3n) is 1.78. The van der Waals surface area contributed by atoms with Crippen LogP contribution in [0, 0.1) is 0 Å². The molecule has 0 aromatic carbocycles. The van der Waals surface area contributed by atoms with Crippen LogP contribution in [0.25, 0.3) is 0 Å². The molecule has 0 aliphatic carbocycles.